The van der Waals surface area contributed by atoms with E-state index < -0.39 is 0 Å². The molecule has 1 N–H and O–H groups in total. The molecule has 0 bridgehead atoms. The van der Waals surface area contributed by atoms with Gasteiger partial charge in [-0.25, -0.2) is 0 Å². The van der Waals surface area contributed by atoms with Crippen LogP contribution < -0.4 is 14.8 Å². The minimum Gasteiger partial charge on any atom is -0.493 e. The highest BCUT2D eigenvalue weighted by Gasteiger charge is 2.30. The molecule has 0 spiro atoms. The minimum absolute atomic E-state index is 0.185. The molecular weight excluding hydrogens is 242 g/mol. The van der Waals surface area contributed by atoms with Crippen LogP contribution in [0.5, 0.6) is 11.5 Å². The van der Waals surface area contributed by atoms with Crippen LogP contribution in [0.3, 0.4) is 0 Å². The first-order valence-corrected chi connectivity index (χ1v) is 6.74. The summed E-state index contributed by atoms with van der Waals surface area (Å²) >= 11 is 0. The normalized spacial score (nSPS) is 24.2. The maximum Gasteiger partial charge on any atom is 0.161 e. The summed E-state index contributed by atoms with van der Waals surface area (Å²) in [6.45, 7) is 2.13. The predicted molar refractivity (Wildman–Crippen MR) is 74.9 cm³/mol. The Morgan fingerprint density at radius 2 is 1.95 bits per heavy atom. The van der Waals surface area contributed by atoms with Gasteiger partial charge >= 0.3 is 0 Å². The lowest BCUT2D eigenvalue weighted by Gasteiger charge is -2.24. The lowest BCUT2D eigenvalue weighted by molar-refractivity contribution is 0.0333. The minimum atomic E-state index is 0.185. The van der Waals surface area contributed by atoms with E-state index in [4.69, 9.17) is 14.2 Å². The molecule has 2 rings (SSSR count). The SMILES string of the molecule is CNC(c1ccc(OC)c(OC)c1)C1CCC(C)O1. The van der Waals surface area contributed by atoms with Gasteiger partial charge in [-0.05, 0) is 44.5 Å². The molecule has 0 amide bonds. The summed E-state index contributed by atoms with van der Waals surface area (Å²) in [5.74, 6) is 1.51. The lowest BCUT2D eigenvalue weighted by atomic mass is 9.99. The molecule has 4 heteroatoms. The highest BCUT2D eigenvalue weighted by atomic mass is 16.5. The summed E-state index contributed by atoms with van der Waals surface area (Å²) in [6, 6.07) is 6.21. The van der Waals surface area contributed by atoms with Gasteiger partial charge in [-0.1, -0.05) is 6.07 Å². The zero-order valence-electron chi connectivity index (χ0n) is 12.1. The van der Waals surface area contributed by atoms with Crippen LogP contribution in [-0.4, -0.2) is 33.5 Å². The zero-order valence-corrected chi connectivity index (χ0v) is 12.1. The Morgan fingerprint density at radius 3 is 2.47 bits per heavy atom. The van der Waals surface area contributed by atoms with Crippen molar-refractivity contribution in [3.05, 3.63) is 23.8 Å². The molecule has 0 saturated carbocycles. The van der Waals surface area contributed by atoms with Crippen molar-refractivity contribution in [3.8, 4) is 11.5 Å². The summed E-state index contributed by atoms with van der Waals surface area (Å²) in [6.07, 6.45) is 2.77. The van der Waals surface area contributed by atoms with Crippen molar-refractivity contribution in [2.24, 2.45) is 0 Å². The zero-order chi connectivity index (χ0) is 13.8. The monoisotopic (exact) mass is 265 g/mol. The topological polar surface area (TPSA) is 39.7 Å². The van der Waals surface area contributed by atoms with Crippen LogP contribution in [0.25, 0.3) is 0 Å². The molecule has 1 heterocycles. The van der Waals surface area contributed by atoms with E-state index in [0.717, 1.165) is 24.3 Å². The van der Waals surface area contributed by atoms with Gasteiger partial charge in [-0.15, -0.1) is 0 Å². The molecule has 106 valence electrons. The fourth-order valence-corrected chi connectivity index (χ4v) is 2.69. The molecular formula is C15H23NO3. The van der Waals surface area contributed by atoms with Crippen molar-refractivity contribution in [1.82, 2.24) is 5.32 Å². The Labute approximate surface area is 115 Å². The van der Waals surface area contributed by atoms with E-state index in [1.54, 1.807) is 14.2 Å². The highest BCUT2D eigenvalue weighted by molar-refractivity contribution is 5.44. The van der Waals surface area contributed by atoms with Crippen LogP contribution in [0, 0.1) is 0 Å². The third-order valence-electron chi connectivity index (χ3n) is 3.71. The molecule has 1 aromatic rings. The number of ether oxygens (including phenoxy) is 3. The summed E-state index contributed by atoms with van der Waals surface area (Å²) in [5, 5.41) is 3.35. The molecule has 1 aliphatic rings. The first-order chi connectivity index (χ1) is 9.19. The van der Waals surface area contributed by atoms with Crippen molar-refractivity contribution in [2.45, 2.75) is 38.0 Å². The lowest BCUT2D eigenvalue weighted by Crippen LogP contribution is -2.29. The predicted octanol–water partition coefficient (Wildman–Crippen LogP) is 2.53. The molecule has 1 fully saturated rings. The first kappa shape index (κ1) is 14.2. The average Bonchev–Trinajstić information content (AvgIpc) is 2.86. The Kier molecular flexibility index (Phi) is 4.66. The van der Waals surface area contributed by atoms with Crippen molar-refractivity contribution in [1.29, 1.82) is 0 Å². The first-order valence-electron chi connectivity index (χ1n) is 6.74. The van der Waals surface area contributed by atoms with Crippen molar-refractivity contribution in [3.63, 3.8) is 0 Å². The molecule has 3 atom stereocenters. The van der Waals surface area contributed by atoms with Crippen LogP contribution in [0.4, 0.5) is 0 Å². The molecule has 4 nitrogen and oxygen atoms in total. The van der Waals surface area contributed by atoms with Gasteiger partial charge in [0.1, 0.15) is 0 Å². The van der Waals surface area contributed by atoms with E-state index in [9.17, 15) is 0 Å². The largest absolute Gasteiger partial charge is 0.493 e. The Morgan fingerprint density at radius 1 is 1.21 bits per heavy atom. The molecule has 1 saturated heterocycles. The van der Waals surface area contributed by atoms with E-state index in [2.05, 4.69) is 18.3 Å². The number of hydrogen-bond donors (Lipinski definition) is 1. The second kappa shape index (κ2) is 6.26. The maximum absolute atomic E-state index is 5.96. The van der Waals surface area contributed by atoms with Crippen molar-refractivity contribution >= 4 is 0 Å². The van der Waals surface area contributed by atoms with Gasteiger partial charge in [0.25, 0.3) is 0 Å². The van der Waals surface area contributed by atoms with Gasteiger partial charge in [0.15, 0.2) is 11.5 Å². The van der Waals surface area contributed by atoms with Crippen LogP contribution in [-0.2, 0) is 4.74 Å². The highest BCUT2D eigenvalue weighted by Crippen LogP contribution is 2.34. The van der Waals surface area contributed by atoms with Crippen LogP contribution >= 0.6 is 0 Å². The van der Waals surface area contributed by atoms with Gasteiger partial charge in [-0.3, -0.25) is 0 Å². The standard InChI is InChI=1S/C15H23NO3/c1-10-5-7-13(19-10)15(16-2)11-6-8-12(17-3)14(9-11)18-4/h6,8-10,13,15-16H,5,7H2,1-4H3. The molecule has 0 aliphatic carbocycles. The molecule has 0 radical (unpaired) electrons. The number of nitrogens with one attached hydrogen (secondary N) is 1. The summed E-state index contributed by atoms with van der Waals surface area (Å²) < 4.78 is 16.6. The van der Waals surface area contributed by atoms with E-state index in [-0.39, 0.29) is 12.1 Å². The Hall–Kier alpha value is -1.26. The van der Waals surface area contributed by atoms with Crippen LogP contribution in [0.15, 0.2) is 18.2 Å². The number of likely N-dealkylation sites (N-methyl/N-ethyl adjacent to an activating group) is 1. The molecule has 0 aromatic heterocycles. The van der Waals surface area contributed by atoms with Gasteiger partial charge < -0.3 is 19.5 Å². The average molecular weight is 265 g/mol. The van der Waals surface area contributed by atoms with E-state index in [1.165, 1.54) is 5.56 Å². The second-order valence-corrected chi connectivity index (χ2v) is 4.94. The quantitative estimate of drug-likeness (QED) is 0.888. The van der Waals surface area contributed by atoms with Gasteiger partial charge in [-0.2, -0.15) is 0 Å². The summed E-state index contributed by atoms with van der Waals surface area (Å²) in [4.78, 5) is 0. The second-order valence-electron chi connectivity index (χ2n) is 4.94. The van der Waals surface area contributed by atoms with Crippen LogP contribution in [0.1, 0.15) is 31.4 Å². The summed E-state index contributed by atoms with van der Waals surface area (Å²) in [7, 11) is 5.27. The molecule has 3 unspecified atom stereocenters. The smallest absolute Gasteiger partial charge is 0.161 e. The van der Waals surface area contributed by atoms with Crippen LogP contribution in [0.2, 0.25) is 0 Å². The van der Waals surface area contributed by atoms with Gasteiger partial charge in [0, 0.05) is 0 Å². The number of methoxy groups -OCH3 is 2. The van der Waals surface area contributed by atoms with E-state index >= 15 is 0 Å². The third-order valence-corrected chi connectivity index (χ3v) is 3.71. The van der Waals surface area contributed by atoms with Crippen molar-refractivity contribution < 1.29 is 14.2 Å². The number of hydrogen-bond acceptors (Lipinski definition) is 4. The fourth-order valence-electron chi connectivity index (χ4n) is 2.69. The number of rotatable bonds is 5. The molecule has 1 aromatic carbocycles. The molecule has 1 aliphatic heterocycles. The number of benzene rings is 1. The summed E-state index contributed by atoms with van der Waals surface area (Å²) in [5.41, 5.74) is 1.17. The van der Waals surface area contributed by atoms with Gasteiger partial charge in [0.2, 0.25) is 0 Å². The third kappa shape index (κ3) is 3.01. The molecule has 19 heavy (non-hydrogen) atoms. The van der Waals surface area contributed by atoms with Gasteiger partial charge in [0.05, 0.1) is 32.5 Å². The van der Waals surface area contributed by atoms with E-state index in [1.807, 2.05) is 19.2 Å². The Balaban J connectivity index is 2.23. The Bertz CT molecular complexity index is 422. The van der Waals surface area contributed by atoms with E-state index in [0.29, 0.717) is 6.10 Å². The van der Waals surface area contributed by atoms with Crippen molar-refractivity contribution in [2.75, 3.05) is 21.3 Å². The fraction of sp³-hybridized carbons (Fsp3) is 0.600. The maximum atomic E-state index is 5.96.